The predicted molar refractivity (Wildman–Crippen MR) is 90.0 cm³/mol. The van der Waals surface area contributed by atoms with E-state index in [4.69, 9.17) is 10.5 Å². The first-order chi connectivity index (χ1) is 10.9. The van der Waals surface area contributed by atoms with Crippen LogP contribution in [0.5, 0.6) is 0 Å². The lowest BCUT2D eigenvalue weighted by atomic mass is 9.74. The molecule has 1 saturated carbocycles. The number of nitrogens with two attached hydrogens (primary N) is 1. The fourth-order valence-corrected chi connectivity index (χ4v) is 3.16. The summed E-state index contributed by atoms with van der Waals surface area (Å²) in [5.74, 6) is -0.481. The molecule has 1 aromatic carbocycles. The first-order valence-corrected chi connectivity index (χ1v) is 8.26. The Morgan fingerprint density at radius 3 is 2.87 bits per heavy atom. The van der Waals surface area contributed by atoms with Crippen LogP contribution in [0.15, 0.2) is 24.3 Å². The zero-order valence-electron chi connectivity index (χ0n) is 13.9. The number of rotatable bonds is 5. The number of benzene rings is 1. The van der Waals surface area contributed by atoms with E-state index in [1.165, 1.54) is 0 Å². The van der Waals surface area contributed by atoms with E-state index in [0.29, 0.717) is 12.3 Å². The van der Waals surface area contributed by atoms with E-state index in [-0.39, 0.29) is 24.2 Å². The van der Waals surface area contributed by atoms with Crippen molar-refractivity contribution in [3.05, 3.63) is 29.8 Å². The van der Waals surface area contributed by atoms with Gasteiger partial charge in [-0.05, 0) is 44.4 Å². The SMILES string of the molecule is CCOC(=O)Cc1cccc(NC(=O)C2CCCCC2(C)N)c1. The number of hydrogen-bond donors (Lipinski definition) is 2. The summed E-state index contributed by atoms with van der Waals surface area (Å²) in [4.78, 5) is 24.1. The van der Waals surface area contributed by atoms with Gasteiger partial charge in [0.1, 0.15) is 0 Å². The molecular weight excluding hydrogens is 292 g/mol. The van der Waals surface area contributed by atoms with E-state index >= 15 is 0 Å². The van der Waals surface area contributed by atoms with Gasteiger partial charge in [-0.15, -0.1) is 0 Å². The number of nitrogens with one attached hydrogen (secondary N) is 1. The zero-order valence-corrected chi connectivity index (χ0v) is 13.9. The molecule has 0 aliphatic heterocycles. The maximum Gasteiger partial charge on any atom is 0.310 e. The molecule has 126 valence electrons. The molecule has 23 heavy (non-hydrogen) atoms. The molecule has 0 saturated heterocycles. The third-order valence-electron chi connectivity index (χ3n) is 4.42. The van der Waals surface area contributed by atoms with Gasteiger partial charge >= 0.3 is 5.97 Å². The van der Waals surface area contributed by atoms with Crippen LogP contribution in [0.25, 0.3) is 0 Å². The minimum Gasteiger partial charge on any atom is -0.466 e. The van der Waals surface area contributed by atoms with Crippen LogP contribution in [0.3, 0.4) is 0 Å². The van der Waals surface area contributed by atoms with Crippen LogP contribution in [0.4, 0.5) is 5.69 Å². The van der Waals surface area contributed by atoms with Gasteiger partial charge in [0.15, 0.2) is 0 Å². The summed E-state index contributed by atoms with van der Waals surface area (Å²) in [5.41, 5.74) is 7.34. The van der Waals surface area contributed by atoms with Crippen molar-refractivity contribution in [3.63, 3.8) is 0 Å². The monoisotopic (exact) mass is 318 g/mol. The Bertz CT molecular complexity index is 569. The third-order valence-corrected chi connectivity index (χ3v) is 4.42. The lowest BCUT2D eigenvalue weighted by Gasteiger charge is -2.37. The normalized spacial score (nSPS) is 24.0. The second-order valence-corrected chi connectivity index (χ2v) is 6.48. The second-order valence-electron chi connectivity index (χ2n) is 6.48. The van der Waals surface area contributed by atoms with E-state index in [1.54, 1.807) is 6.92 Å². The highest BCUT2D eigenvalue weighted by Crippen LogP contribution is 2.32. The average Bonchev–Trinajstić information content (AvgIpc) is 2.47. The summed E-state index contributed by atoms with van der Waals surface area (Å²) >= 11 is 0. The molecule has 1 aromatic rings. The lowest BCUT2D eigenvalue weighted by Crippen LogP contribution is -2.51. The second kappa shape index (κ2) is 7.59. The van der Waals surface area contributed by atoms with Crippen molar-refractivity contribution in [2.45, 2.75) is 51.5 Å². The Labute approximate surface area is 137 Å². The first kappa shape index (κ1) is 17.5. The molecule has 2 unspecified atom stereocenters. The molecule has 5 heteroatoms. The Morgan fingerprint density at radius 2 is 2.17 bits per heavy atom. The molecule has 0 radical (unpaired) electrons. The van der Waals surface area contributed by atoms with Crippen LogP contribution in [0.2, 0.25) is 0 Å². The lowest BCUT2D eigenvalue weighted by molar-refractivity contribution is -0.142. The minimum absolute atomic E-state index is 0.0389. The van der Waals surface area contributed by atoms with E-state index in [2.05, 4.69) is 5.32 Å². The zero-order chi connectivity index (χ0) is 16.9. The highest BCUT2D eigenvalue weighted by Gasteiger charge is 2.37. The van der Waals surface area contributed by atoms with Gasteiger partial charge in [0.25, 0.3) is 0 Å². The molecule has 3 N–H and O–H groups in total. The number of hydrogen-bond acceptors (Lipinski definition) is 4. The fraction of sp³-hybridized carbons (Fsp3) is 0.556. The molecule has 2 rings (SSSR count). The van der Waals surface area contributed by atoms with Gasteiger partial charge in [0, 0.05) is 11.2 Å². The first-order valence-electron chi connectivity index (χ1n) is 8.26. The minimum atomic E-state index is -0.453. The van der Waals surface area contributed by atoms with Gasteiger partial charge in [-0.25, -0.2) is 0 Å². The molecule has 0 heterocycles. The fourth-order valence-electron chi connectivity index (χ4n) is 3.16. The number of ether oxygens (including phenoxy) is 1. The van der Waals surface area contributed by atoms with Gasteiger partial charge in [-0.1, -0.05) is 25.0 Å². The van der Waals surface area contributed by atoms with Crippen molar-refractivity contribution in [2.75, 3.05) is 11.9 Å². The molecule has 0 aromatic heterocycles. The van der Waals surface area contributed by atoms with Crippen LogP contribution in [-0.4, -0.2) is 24.0 Å². The number of anilines is 1. The van der Waals surface area contributed by atoms with Gasteiger partial charge in [-0.2, -0.15) is 0 Å². The molecule has 1 aliphatic rings. The van der Waals surface area contributed by atoms with Crippen molar-refractivity contribution in [3.8, 4) is 0 Å². The maximum absolute atomic E-state index is 12.5. The van der Waals surface area contributed by atoms with Crippen LogP contribution < -0.4 is 11.1 Å². The van der Waals surface area contributed by atoms with Crippen molar-refractivity contribution in [2.24, 2.45) is 11.7 Å². The van der Waals surface area contributed by atoms with E-state index in [1.807, 2.05) is 31.2 Å². The van der Waals surface area contributed by atoms with Crippen molar-refractivity contribution in [1.29, 1.82) is 0 Å². The summed E-state index contributed by atoms with van der Waals surface area (Å²) < 4.78 is 4.95. The van der Waals surface area contributed by atoms with Crippen LogP contribution in [0.1, 0.15) is 45.1 Å². The van der Waals surface area contributed by atoms with E-state index in [9.17, 15) is 9.59 Å². The summed E-state index contributed by atoms with van der Waals surface area (Å²) in [5, 5.41) is 2.94. The predicted octanol–water partition coefficient (Wildman–Crippen LogP) is 2.64. The summed E-state index contributed by atoms with van der Waals surface area (Å²) in [6.07, 6.45) is 4.00. The maximum atomic E-state index is 12.5. The topological polar surface area (TPSA) is 81.4 Å². The molecule has 5 nitrogen and oxygen atoms in total. The summed E-state index contributed by atoms with van der Waals surface area (Å²) in [7, 11) is 0. The average molecular weight is 318 g/mol. The van der Waals surface area contributed by atoms with Gasteiger partial charge < -0.3 is 15.8 Å². The molecule has 1 amide bonds. The summed E-state index contributed by atoms with van der Waals surface area (Å²) in [6, 6.07) is 7.31. The molecule has 0 spiro atoms. The standard InChI is InChI=1S/C18H26N2O3/c1-3-23-16(21)12-13-7-6-8-14(11-13)20-17(22)15-9-4-5-10-18(15,2)19/h6-8,11,15H,3-5,9-10,12,19H2,1-2H3,(H,20,22). The Hall–Kier alpha value is -1.88. The number of esters is 1. The van der Waals surface area contributed by atoms with Gasteiger partial charge in [0.05, 0.1) is 18.9 Å². The van der Waals surface area contributed by atoms with Crippen molar-refractivity contribution >= 4 is 17.6 Å². The molecular formula is C18H26N2O3. The smallest absolute Gasteiger partial charge is 0.310 e. The quantitative estimate of drug-likeness (QED) is 0.818. The molecule has 2 atom stereocenters. The molecule has 1 fully saturated rings. The Balaban J connectivity index is 2.02. The van der Waals surface area contributed by atoms with Gasteiger partial charge in [-0.3, -0.25) is 9.59 Å². The largest absolute Gasteiger partial charge is 0.466 e. The van der Waals surface area contributed by atoms with Crippen molar-refractivity contribution in [1.82, 2.24) is 0 Å². The van der Waals surface area contributed by atoms with Gasteiger partial charge in [0.2, 0.25) is 5.91 Å². The van der Waals surface area contributed by atoms with Crippen molar-refractivity contribution < 1.29 is 14.3 Å². The van der Waals surface area contributed by atoms with Crippen LogP contribution >= 0.6 is 0 Å². The van der Waals surface area contributed by atoms with E-state index in [0.717, 1.165) is 31.2 Å². The van der Waals surface area contributed by atoms with E-state index < -0.39 is 5.54 Å². The number of carbonyl (C=O) groups is 2. The highest BCUT2D eigenvalue weighted by molar-refractivity contribution is 5.93. The van der Waals surface area contributed by atoms with Crippen LogP contribution in [-0.2, 0) is 20.7 Å². The summed E-state index contributed by atoms with van der Waals surface area (Å²) in [6.45, 7) is 4.10. The number of carbonyl (C=O) groups excluding carboxylic acids is 2. The third kappa shape index (κ3) is 4.79. The highest BCUT2D eigenvalue weighted by atomic mass is 16.5. The van der Waals surface area contributed by atoms with Crippen LogP contribution in [0, 0.1) is 5.92 Å². The number of amides is 1. The Morgan fingerprint density at radius 1 is 1.39 bits per heavy atom. The molecule has 0 bridgehead atoms. The molecule has 1 aliphatic carbocycles. The Kier molecular flexibility index (Phi) is 5.77.